The zero-order valence-electron chi connectivity index (χ0n) is 18.6. The number of ether oxygens (including phenoxy) is 1. The molecule has 2 heterocycles. The molecular weight excluding hydrogens is 469 g/mol. The number of methoxy groups -OCH3 is 1. The van der Waals surface area contributed by atoms with Gasteiger partial charge in [0.1, 0.15) is 16.4 Å². The summed E-state index contributed by atoms with van der Waals surface area (Å²) in [6, 6.07) is 22.2. The molecule has 0 spiro atoms. The topological polar surface area (TPSA) is 54.8 Å². The van der Waals surface area contributed by atoms with Gasteiger partial charge in [-0.1, -0.05) is 71.2 Å². The Bertz CT molecular complexity index is 1450. The van der Waals surface area contributed by atoms with Gasteiger partial charge in [-0.2, -0.15) is 5.10 Å². The first-order chi connectivity index (χ1) is 16.4. The van der Waals surface area contributed by atoms with Crippen LogP contribution in [0.1, 0.15) is 39.5 Å². The number of halogens is 2. The largest absolute Gasteiger partial charge is 0.494 e. The second-order valence-electron chi connectivity index (χ2n) is 8.20. The van der Waals surface area contributed by atoms with Gasteiger partial charge in [0, 0.05) is 28.0 Å². The average molecular weight is 490 g/mol. The van der Waals surface area contributed by atoms with Crippen molar-refractivity contribution >= 4 is 45.7 Å². The number of amides is 1. The lowest BCUT2D eigenvalue weighted by atomic mass is 9.97. The first-order valence-electron chi connectivity index (χ1n) is 10.8. The van der Waals surface area contributed by atoms with Crippen LogP contribution in [0.25, 0.3) is 10.9 Å². The molecule has 0 fully saturated rings. The van der Waals surface area contributed by atoms with E-state index in [4.69, 9.17) is 33.0 Å². The number of hydrogen-bond acceptors (Lipinski definition) is 4. The molecule has 0 bridgehead atoms. The average Bonchev–Trinajstić information content (AvgIpc) is 3.28. The molecule has 5 rings (SSSR count). The summed E-state index contributed by atoms with van der Waals surface area (Å²) in [6.07, 6.45) is 0.507. The van der Waals surface area contributed by atoms with E-state index in [1.54, 1.807) is 31.4 Å². The Balaban J connectivity index is 1.62. The summed E-state index contributed by atoms with van der Waals surface area (Å²) in [5.41, 5.74) is 4.75. The quantitative estimate of drug-likeness (QED) is 0.294. The Labute approximate surface area is 207 Å². The molecule has 1 amide bonds. The SMILES string of the molecule is COc1cccc2cc([C@@H]3CC(c4cccc(C)c4)=NN3C(=O)c3cccc(Cl)c3)c(Cl)nc12. The van der Waals surface area contributed by atoms with Gasteiger partial charge in [0.25, 0.3) is 5.91 Å². The molecule has 170 valence electrons. The molecule has 0 unspecified atom stereocenters. The number of rotatable bonds is 4. The third-order valence-electron chi connectivity index (χ3n) is 5.91. The number of pyridine rings is 1. The minimum Gasteiger partial charge on any atom is -0.494 e. The zero-order chi connectivity index (χ0) is 23.8. The molecule has 1 aliphatic heterocycles. The monoisotopic (exact) mass is 489 g/mol. The highest BCUT2D eigenvalue weighted by Gasteiger charge is 2.35. The Hall–Kier alpha value is -3.41. The first kappa shape index (κ1) is 22.4. The van der Waals surface area contributed by atoms with Crippen LogP contribution in [0.15, 0.2) is 77.9 Å². The van der Waals surface area contributed by atoms with Crippen molar-refractivity contribution < 1.29 is 9.53 Å². The van der Waals surface area contributed by atoms with E-state index >= 15 is 0 Å². The highest BCUT2D eigenvalue weighted by molar-refractivity contribution is 6.31. The van der Waals surface area contributed by atoms with Crippen LogP contribution in [0.2, 0.25) is 10.2 Å². The Morgan fingerprint density at radius 3 is 2.59 bits per heavy atom. The summed E-state index contributed by atoms with van der Waals surface area (Å²) in [6.45, 7) is 2.03. The van der Waals surface area contributed by atoms with Crippen molar-refractivity contribution in [2.24, 2.45) is 5.10 Å². The summed E-state index contributed by atoms with van der Waals surface area (Å²) in [7, 11) is 1.60. The van der Waals surface area contributed by atoms with Crippen LogP contribution in [0, 0.1) is 6.92 Å². The third-order valence-corrected chi connectivity index (χ3v) is 6.45. The van der Waals surface area contributed by atoms with Crippen LogP contribution in [0.4, 0.5) is 0 Å². The van der Waals surface area contributed by atoms with E-state index in [0.29, 0.717) is 33.4 Å². The summed E-state index contributed by atoms with van der Waals surface area (Å²) in [4.78, 5) is 18.2. The number of aryl methyl sites for hydroxylation is 1. The van der Waals surface area contributed by atoms with Crippen molar-refractivity contribution in [3.8, 4) is 5.75 Å². The van der Waals surface area contributed by atoms with Crippen molar-refractivity contribution in [3.05, 3.63) is 105 Å². The van der Waals surface area contributed by atoms with Crippen LogP contribution in [-0.4, -0.2) is 28.7 Å². The molecule has 0 saturated heterocycles. The highest BCUT2D eigenvalue weighted by Crippen LogP contribution is 2.39. The molecule has 1 aromatic heterocycles. The third kappa shape index (κ3) is 4.13. The van der Waals surface area contributed by atoms with Gasteiger partial charge in [-0.25, -0.2) is 9.99 Å². The van der Waals surface area contributed by atoms with Crippen molar-refractivity contribution in [1.82, 2.24) is 9.99 Å². The predicted molar refractivity (Wildman–Crippen MR) is 136 cm³/mol. The van der Waals surface area contributed by atoms with Crippen LogP contribution in [0.3, 0.4) is 0 Å². The smallest absolute Gasteiger partial charge is 0.274 e. The fourth-order valence-corrected chi connectivity index (χ4v) is 4.71. The fraction of sp³-hybridized carbons (Fsp3) is 0.148. The zero-order valence-corrected chi connectivity index (χ0v) is 20.1. The molecule has 1 atom stereocenters. The Kier molecular flexibility index (Phi) is 5.98. The molecule has 0 aliphatic carbocycles. The number of nitrogens with zero attached hydrogens (tertiary/aromatic N) is 3. The van der Waals surface area contributed by atoms with Crippen molar-refractivity contribution in [3.63, 3.8) is 0 Å². The summed E-state index contributed by atoms with van der Waals surface area (Å²) >= 11 is 12.9. The maximum Gasteiger partial charge on any atom is 0.274 e. The van der Waals surface area contributed by atoms with E-state index in [2.05, 4.69) is 11.1 Å². The lowest BCUT2D eigenvalue weighted by Gasteiger charge is -2.23. The Morgan fingerprint density at radius 2 is 1.82 bits per heavy atom. The molecule has 5 nitrogen and oxygen atoms in total. The molecule has 34 heavy (non-hydrogen) atoms. The van der Waals surface area contributed by atoms with E-state index in [0.717, 1.165) is 27.8 Å². The summed E-state index contributed by atoms with van der Waals surface area (Å²) in [5.74, 6) is 0.387. The van der Waals surface area contributed by atoms with Gasteiger partial charge >= 0.3 is 0 Å². The minimum atomic E-state index is -0.419. The number of hydrazone groups is 1. The molecule has 3 aromatic carbocycles. The van der Waals surface area contributed by atoms with Crippen molar-refractivity contribution in [2.45, 2.75) is 19.4 Å². The fourth-order valence-electron chi connectivity index (χ4n) is 4.26. The van der Waals surface area contributed by atoms with E-state index in [9.17, 15) is 4.79 Å². The number of carbonyl (C=O) groups is 1. The second kappa shape index (κ2) is 9.09. The first-order valence-corrected chi connectivity index (χ1v) is 11.6. The van der Waals surface area contributed by atoms with Gasteiger partial charge in [0.2, 0.25) is 0 Å². The van der Waals surface area contributed by atoms with Gasteiger partial charge in [0.15, 0.2) is 0 Å². The van der Waals surface area contributed by atoms with Crippen LogP contribution < -0.4 is 4.74 Å². The van der Waals surface area contributed by atoms with E-state index in [-0.39, 0.29) is 5.91 Å². The highest BCUT2D eigenvalue weighted by atomic mass is 35.5. The van der Waals surface area contributed by atoms with Gasteiger partial charge in [-0.05, 0) is 42.8 Å². The standard InChI is InChI=1S/C27H21Cl2N3O2/c1-16-6-3-7-17(12-16)22-15-23(32(31-22)27(33)19-9-4-10-20(28)13-19)21-14-18-8-5-11-24(34-2)25(18)30-26(21)29/h3-14,23H,15H2,1-2H3/t23-/m0/s1. The molecule has 0 N–H and O–H groups in total. The maximum atomic E-state index is 13.6. The lowest BCUT2D eigenvalue weighted by molar-refractivity contribution is 0.0711. The van der Waals surface area contributed by atoms with Gasteiger partial charge in [-0.3, -0.25) is 4.79 Å². The molecule has 7 heteroatoms. The normalized spacial score (nSPS) is 15.5. The summed E-state index contributed by atoms with van der Waals surface area (Å²) in [5, 5.41) is 7.94. The van der Waals surface area contributed by atoms with Gasteiger partial charge < -0.3 is 4.74 Å². The predicted octanol–water partition coefficient (Wildman–Crippen LogP) is 6.85. The maximum absolute atomic E-state index is 13.6. The number of hydrogen-bond donors (Lipinski definition) is 0. The van der Waals surface area contributed by atoms with Crippen LogP contribution in [-0.2, 0) is 0 Å². The van der Waals surface area contributed by atoms with Crippen LogP contribution >= 0.6 is 23.2 Å². The van der Waals surface area contributed by atoms with E-state index in [1.165, 1.54) is 5.01 Å². The van der Waals surface area contributed by atoms with E-state index < -0.39 is 6.04 Å². The molecule has 0 saturated carbocycles. The van der Waals surface area contributed by atoms with Crippen molar-refractivity contribution in [2.75, 3.05) is 7.11 Å². The number of aromatic nitrogens is 1. The second-order valence-corrected chi connectivity index (χ2v) is 8.99. The lowest BCUT2D eigenvalue weighted by Crippen LogP contribution is -2.27. The van der Waals surface area contributed by atoms with E-state index in [1.807, 2.05) is 49.4 Å². The molecule has 1 aliphatic rings. The van der Waals surface area contributed by atoms with Gasteiger partial charge in [0.05, 0.1) is 18.9 Å². The summed E-state index contributed by atoms with van der Waals surface area (Å²) < 4.78 is 5.44. The number of para-hydroxylation sites is 1. The minimum absolute atomic E-state index is 0.253. The molecular formula is C27H21Cl2N3O2. The molecule has 0 radical (unpaired) electrons. The van der Waals surface area contributed by atoms with Gasteiger partial charge in [-0.15, -0.1) is 0 Å². The number of fused-ring (bicyclic) bond motifs is 1. The number of carbonyl (C=O) groups excluding carboxylic acids is 1. The Morgan fingerprint density at radius 1 is 1.03 bits per heavy atom. The van der Waals surface area contributed by atoms with Crippen LogP contribution in [0.5, 0.6) is 5.75 Å². The molecule has 4 aromatic rings. The number of benzene rings is 3. The van der Waals surface area contributed by atoms with Crippen molar-refractivity contribution in [1.29, 1.82) is 0 Å².